The highest BCUT2D eigenvalue weighted by atomic mass is 33.1. The average molecular weight is 392 g/mol. The minimum atomic E-state index is -0.204. The van der Waals surface area contributed by atoms with Crippen molar-refractivity contribution in [2.45, 2.75) is 25.7 Å². The van der Waals surface area contributed by atoms with Crippen LogP contribution >= 0.6 is 21.6 Å². The number of hydrogen-bond acceptors (Lipinski definition) is 8. The Labute approximate surface area is 157 Å². The third-order valence-electron chi connectivity index (χ3n) is 2.75. The van der Waals surface area contributed by atoms with Crippen molar-refractivity contribution in [3.8, 4) is 0 Å². The fourth-order valence-electron chi connectivity index (χ4n) is 1.52. The third kappa shape index (κ3) is 18.7. The normalized spacial score (nSPS) is 10.9. The van der Waals surface area contributed by atoms with E-state index in [0.29, 0.717) is 26.0 Å². The van der Waals surface area contributed by atoms with Crippen molar-refractivity contribution in [2.75, 3.05) is 38.3 Å². The molecule has 0 bridgehead atoms. The molecular formula is C16H29N3O4S2. The van der Waals surface area contributed by atoms with Crippen molar-refractivity contribution in [3.63, 3.8) is 0 Å². The van der Waals surface area contributed by atoms with Crippen molar-refractivity contribution in [2.24, 2.45) is 5.73 Å². The standard InChI is InChI=1S/C16H29N3O4S2/c1-22-16(21)6-2-3-11-23-12-4-5-15(20)19-10-14-25-24-13-9-18-8-7-17/h4,7-8,12,18H,2-3,5-6,9-11,13-14,17H2,1H3,(H,19,20)/b8-7-,12-4?. The lowest BCUT2D eigenvalue weighted by atomic mass is 10.2. The van der Waals surface area contributed by atoms with Gasteiger partial charge in [0.15, 0.2) is 0 Å². The molecule has 0 atom stereocenters. The number of nitrogens with one attached hydrogen (secondary N) is 2. The van der Waals surface area contributed by atoms with E-state index in [1.807, 2.05) is 0 Å². The van der Waals surface area contributed by atoms with Crippen molar-refractivity contribution in [3.05, 3.63) is 24.7 Å². The molecule has 25 heavy (non-hydrogen) atoms. The number of unbranched alkanes of at least 4 members (excludes halogenated alkanes) is 1. The minimum absolute atomic E-state index is 0.0223. The Hall–Kier alpha value is -1.48. The predicted molar refractivity (Wildman–Crippen MR) is 105 cm³/mol. The molecular weight excluding hydrogens is 362 g/mol. The quantitative estimate of drug-likeness (QED) is 0.158. The molecule has 0 saturated heterocycles. The molecule has 0 saturated carbocycles. The number of rotatable bonds is 16. The molecule has 9 heteroatoms. The molecule has 1 amide bonds. The maximum Gasteiger partial charge on any atom is 0.305 e. The first kappa shape index (κ1) is 23.5. The van der Waals surface area contributed by atoms with E-state index in [0.717, 1.165) is 30.9 Å². The van der Waals surface area contributed by atoms with E-state index in [4.69, 9.17) is 10.5 Å². The Morgan fingerprint density at radius 3 is 2.64 bits per heavy atom. The number of nitrogens with two attached hydrogens (primary N) is 1. The van der Waals surface area contributed by atoms with Gasteiger partial charge in [-0.2, -0.15) is 0 Å². The number of esters is 1. The second-order valence-electron chi connectivity index (χ2n) is 4.79. The second kappa shape index (κ2) is 18.9. The topological polar surface area (TPSA) is 103 Å². The van der Waals surface area contributed by atoms with E-state index in [1.165, 1.54) is 19.6 Å². The number of methoxy groups -OCH3 is 1. The molecule has 144 valence electrons. The summed E-state index contributed by atoms with van der Waals surface area (Å²) in [6.07, 6.45) is 8.62. The zero-order valence-corrected chi connectivity index (χ0v) is 16.3. The summed E-state index contributed by atoms with van der Waals surface area (Å²) in [6, 6.07) is 0. The number of amides is 1. The molecule has 0 fully saturated rings. The maximum atomic E-state index is 11.6. The van der Waals surface area contributed by atoms with E-state index >= 15 is 0 Å². The van der Waals surface area contributed by atoms with Crippen LogP contribution in [0.2, 0.25) is 0 Å². The van der Waals surface area contributed by atoms with E-state index in [2.05, 4.69) is 15.4 Å². The van der Waals surface area contributed by atoms with Crippen LogP contribution in [0.5, 0.6) is 0 Å². The second-order valence-corrected chi connectivity index (χ2v) is 7.49. The Balaban J connectivity index is 3.33. The SMILES string of the molecule is COC(=O)CCCCOC=CCC(=O)NCCSSCCN/C=C\N. The Kier molecular flexibility index (Phi) is 17.7. The van der Waals surface area contributed by atoms with Crippen LogP contribution < -0.4 is 16.4 Å². The van der Waals surface area contributed by atoms with E-state index in [1.54, 1.807) is 33.9 Å². The highest BCUT2D eigenvalue weighted by Gasteiger charge is 1.99. The maximum absolute atomic E-state index is 11.6. The van der Waals surface area contributed by atoms with Gasteiger partial charge in [0.1, 0.15) is 0 Å². The van der Waals surface area contributed by atoms with Gasteiger partial charge in [0.2, 0.25) is 5.91 Å². The lowest BCUT2D eigenvalue weighted by Crippen LogP contribution is -2.24. The highest BCUT2D eigenvalue weighted by molar-refractivity contribution is 8.76. The van der Waals surface area contributed by atoms with Gasteiger partial charge in [-0.3, -0.25) is 9.59 Å². The van der Waals surface area contributed by atoms with Crippen LogP contribution in [0.15, 0.2) is 24.7 Å². The zero-order valence-electron chi connectivity index (χ0n) is 14.7. The summed E-state index contributed by atoms with van der Waals surface area (Å²) in [5, 5.41) is 5.90. The molecule has 0 aliphatic rings. The van der Waals surface area contributed by atoms with Gasteiger partial charge < -0.3 is 25.8 Å². The van der Waals surface area contributed by atoms with Crippen LogP contribution in [-0.2, 0) is 19.1 Å². The highest BCUT2D eigenvalue weighted by Crippen LogP contribution is 2.19. The van der Waals surface area contributed by atoms with Gasteiger partial charge in [0.25, 0.3) is 0 Å². The summed E-state index contributed by atoms with van der Waals surface area (Å²) in [5.41, 5.74) is 5.20. The van der Waals surface area contributed by atoms with E-state index < -0.39 is 0 Å². The summed E-state index contributed by atoms with van der Waals surface area (Å²) in [7, 11) is 4.86. The first-order valence-electron chi connectivity index (χ1n) is 8.15. The van der Waals surface area contributed by atoms with Gasteiger partial charge >= 0.3 is 5.97 Å². The lowest BCUT2D eigenvalue weighted by molar-refractivity contribution is -0.140. The van der Waals surface area contributed by atoms with Gasteiger partial charge in [-0.15, -0.1) is 0 Å². The zero-order chi connectivity index (χ0) is 18.6. The van der Waals surface area contributed by atoms with Gasteiger partial charge in [-0.05, 0) is 18.9 Å². The summed E-state index contributed by atoms with van der Waals surface area (Å²) in [5.74, 6) is 1.61. The molecule has 0 spiro atoms. The Morgan fingerprint density at radius 2 is 1.92 bits per heavy atom. The molecule has 0 aliphatic heterocycles. The van der Waals surface area contributed by atoms with Crippen LogP contribution in [0, 0.1) is 0 Å². The van der Waals surface area contributed by atoms with Gasteiger partial charge in [0, 0.05) is 49.8 Å². The fraction of sp³-hybridized carbons (Fsp3) is 0.625. The fourth-order valence-corrected chi connectivity index (χ4v) is 3.35. The first-order chi connectivity index (χ1) is 12.2. The van der Waals surface area contributed by atoms with Crippen LogP contribution in [0.1, 0.15) is 25.7 Å². The van der Waals surface area contributed by atoms with Crippen molar-refractivity contribution in [1.82, 2.24) is 10.6 Å². The predicted octanol–water partition coefficient (Wildman–Crippen LogP) is 1.77. The molecule has 0 aromatic rings. The Morgan fingerprint density at radius 1 is 1.16 bits per heavy atom. The number of ether oxygens (including phenoxy) is 2. The number of carbonyl (C=O) groups excluding carboxylic acids is 2. The van der Waals surface area contributed by atoms with Gasteiger partial charge in [-0.1, -0.05) is 21.6 Å². The molecule has 0 aromatic carbocycles. The van der Waals surface area contributed by atoms with Crippen molar-refractivity contribution in [1.29, 1.82) is 0 Å². The van der Waals surface area contributed by atoms with E-state index in [-0.39, 0.29) is 11.9 Å². The van der Waals surface area contributed by atoms with Gasteiger partial charge in [-0.25, -0.2) is 0 Å². The molecule has 4 N–H and O–H groups in total. The summed E-state index contributed by atoms with van der Waals surface area (Å²) in [4.78, 5) is 22.5. The van der Waals surface area contributed by atoms with Crippen LogP contribution in [-0.4, -0.2) is 50.2 Å². The molecule has 0 radical (unpaired) electrons. The summed E-state index contributed by atoms with van der Waals surface area (Å²) >= 11 is 0. The van der Waals surface area contributed by atoms with Crippen molar-refractivity contribution < 1.29 is 19.1 Å². The lowest BCUT2D eigenvalue weighted by Gasteiger charge is -2.04. The largest absolute Gasteiger partial charge is 0.502 e. The summed E-state index contributed by atoms with van der Waals surface area (Å²) < 4.78 is 9.80. The van der Waals surface area contributed by atoms with Gasteiger partial charge in [0.05, 0.1) is 20.0 Å². The minimum Gasteiger partial charge on any atom is -0.502 e. The van der Waals surface area contributed by atoms with Crippen LogP contribution in [0.4, 0.5) is 0 Å². The van der Waals surface area contributed by atoms with E-state index in [9.17, 15) is 9.59 Å². The molecule has 0 aromatic heterocycles. The smallest absolute Gasteiger partial charge is 0.305 e. The molecule has 0 heterocycles. The first-order valence-corrected chi connectivity index (χ1v) is 10.6. The number of carbonyl (C=O) groups is 2. The number of hydrogen-bond donors (Lipinski definition) is 3. The molecule has 0 unspecified atom stereocenters. The van der Waals surface area contributed by atoms with Crippen LogP contribution in [0.3, 0.4) is 0 Å². The van der Waals surface area contributed by atoms with Crippen molar-refractivity contribution >= 4 is 33.5 Å². The monoisotopic (exact) mass is 391 g/mol. The average Bonchev–Trinajstić information content (AvgIpc) is 2.62. The molecule has 7 nitrogen and oxygen atoms in total. The van der Waals surface area contributed by atoms with Crippen LogP contribution in [0.25, 0.3) is 0 Å². The molecule has 0 rings (SSSR count). The molecule has 0 aliphatic carbocycles. The third-order valence-corrected chi connectivity index (χ3v) is 5.16. The Bertz CT molecular complexity index is 407. The summed E-state index contributed by atoms with van der Waals surface area (Å²) in [6.45, 7) is 2.04.